The average Bonchev–Trinajstić information content (AvgIpc) is 2.73. The van der Waals surface area contributed by atoms with E-state index in [1.54, 1.807) is 0 Å². The fourth-order valence-electron chi connectivity index (χ4n) is 3.15. The molecule has 2 rings (SSSR count). The fraction of sp³-hybridized carbons (Fsp3) is 1.00. The summed E-state index contributed by atoms with van der Waals surface area (Å²) in [4.78, 5) is 2.56. The van der Waals surface area contributed by atoms with Crippen molar-refractivity contribution in [2.45, 2.75) is 52.2 Å². The highest BCUT2D eigenvalue weighted by atomic mass is 16.5. The molecule has 0 radical (unpaired) electrons. The Morgan fingerprint density at radius 2 is 1.95 bits per heavy atom. The molecule has 1 unspecified atom stereocenters. The van der Waals surface area contributed by atoms with Crippen LogP contribution in [0.4, 0.5) is 0 Å². The molecule has 1 atom stereocenters. The Labute approximate surface area is 124 Å². The zero-order valence-electron chi connectivity index (χ0n) is 13.9. The molecule has 20 heavy (non-hydrogen) atoms. The first kappa shape index (κ1) is 16.2. The van der Waals surface area contributed by atoms with Crippen LogP contribution in [-0.4, -0.2) is 62.0 Å². The number of ether oxygens (including phenoxy) is 2. The molecule has 2 aliphatic rings. The summed E-state index contributed by atoms with van der Waals surface area (Å²) in [6.07, 6.45) is 1.16. The van der Waals surface area contributed by atoms with Crippen molar-refractivity contribution >= 4 is 0 Å². The fourth-order valence-corrected chi connectivity index (χ4v) is 3.15. The number of nitrogens with zero attached hydrogens (tertiary/aromatic N) is 1. The first-order chi connectivity index (χ1) is 9.20. The molecule has 4 nitrogen and oxygen atoms in total. The van der Waals surface area contributed by atoms with Gasteiger partial charge in [0.15, 0.2) is 0 Å². The van der Waals surface area contributed by atoms with Crippen LogP contribution in [0.1, 0.15) is 41.0 Å². The lowest BCUT2D eigenvalue weighted by atomic mass is 9.85. The minimum absolute atomic E-state index is 0.0175. The second-order valence-corrected chi connectivity index (χ2v) is 8.22. The third-order valence-corrected chi connectivity index (χ3v) is 4.24. The Morgan fingerprint density at radius 1 is 1.20 bits per heavy atom. The van der Waals surface area contributed by atoms with Crippen molar-refractivity contribution in [2.24, 2.45) is 5.41 Å². The van der Waals surface area contributed by atoms with Gasteiger partial charge in [-0.15, -0.1) is 0 Å². The smallest absolute Gasteiger partial charge is 0.0753 e. The highest BCUT2D eigenvalue weighted by Gasteiger charge is 2.39. The van der Waals surface area contributed by atoms with Gasteiger partial charge in [-0.1, -0.05) is 0 Å². The number of hydrogen-bond acceptors (Lipinski definition) is 4. The van der Waals surface area contributed by atoms with E-state index in [0.29, 0.717) is 0 Å². The van der Waals surface area contributed by atoms with Gasteiger partial charge in [-0.25, -0.2) is 0 Å². The lowest BCUT2D eigenvalue weighted by molar-refractivity contribution is -0.0947. The molecule has 1 N–H and O–H groups in total. The van der Waals surface area contributed by atoms with Gasteiger partial charge in [0.2, 0.25) is 0 Å². The van der Waals surface area contributed by atoms with Gasteiger partial charge in [-0.05, 0) is 41.0 Å². The third-order valence-electron chi connectivity index (χ3n) is 4.24. The third kappa shape index (κ3) is 4.69. The Kier molecular flexibility index (Phi) is 4.80. The molecule has 2 fully saturated rings. The van der Waals surface area contributed by atoms with Gasteiger partial charge in [0.1, 0.15) is 0 Å². The van der Waals surface area contributed by atoms with Gasteiger partial charge in [-0.3, -0.25) is 4.90 Å². The van der Waals surface area contributed by atoms with Crippen LogP contribution in [0.2, 0.25) is 0 Å². The van der Waals surface area contributed by atoms with Gasteiger partial charge in [0.25, 0.3) is 0 Å². The van der Waals surface area contributed by atoms with Crippen molar-refractivity contribution < 1.29 is 9.47 Å². The summed E-state index contributed by atoms with van der Waals surface area (Å²) >= 11 is 0. The maximum absolute atomic E-state index is 5.82. The van der Waals surface area contributed by atoms with Crippen LogP contribution in [-0.2, 0) is 9.47 Å². The first-order valence-electron chi connectivity index (χ1n) is 7.89. The minimum Gasteiger partial charge on any atom is -0.381 e. The van der Waals surface area contributed by atoms with Gasteiger partial charge in [-0.2, -0.15) is 0 Å². The number of rotatable bonds is 4. The molecule has 0 bridgehead atoms. The van der Waals surface area contributed by atoms with E-state index in [1.807, 2.05) is 0 Å². The Morgan fingerprint density at radius 3 is 2.50 bits per heavy atom. The van der Waals surface area contributed by atoms with Gasteiger partial charge in [0, 0.05) is 43.7 Å². The van der Waals surface area contributed by atoms with Crippen molar-refractivity contribution in [1.82, 2.24) is 10.2 Å². The predicted molar refractivity (Wildman–Crippen MR) is 82.1 cm³/mol. The summed E-state index contributed by atoms with van der Waals surface area (Å²) in [7, 11) is 0. The quantitative estimate of drug-likeness (QED) is 0.855. The van der Waals surface area contributed by atoms with Crippen LogP contribution in [0.15, 0.2) is 0 Å². The van der Waals surface area contributed by atoms with E-state index in [2.05, 4.69) is 44.8 Å². The van der Waals surface area contributed by atoms with Gasteiger partial charge in [0.05, 0.1) is 18.8 Å². The van der Waals surface area contributed by atoms with Crippen molar-refractivity contribution in [1.29, 1.82) is 0 Å². The van der Waals surface area contributed by atoms with E-state index in [9.17, 15) is 0 Å². The Hall–Kier alpha value is -0.160. The standard InChI is InChI=1S/C16H32N2O2/c1-14(2,3)17-10-16(6-8-19-13-16)12-18-7-9-20-15(4,5)11-18/h17H,6-13H2,1-5H3. The molecule has 118 valence electrons. The highest BCUT2D eigenvalue weighted by Crippen LogP contribution is 2.31. The molecule has 0 amide bonds. The molecule has 0 aromatic rings. The second-order valence-electron chi connectivity index (χ2n) is 8.22. The summed E-state index contributed by atoms with van der Waals surface area (Å²) < 4.78 is 11.5. The topological polar surface area (TPSA) is 33.7 Å². The summed E-state index contributed by atoms with van der Waals surface area (Å²) in [6.45, 7) is 17.9. The molecular formula is C16H32N2O2. The zero-order valence-corrected chi connectivity index (χ0v) is 13.9. The van der Waals surface area contributed by atoms with Crippen molar-refractivity contribution in [3.8, 4) is 0 Å². The normalized spacial score (nSPS) is 31.6. The molecule has 0 aromatic carbocycles. The lowest BCUT2D eigenvalue weighted by Crippen LogP contribution is -2.54. The SMILES string of the molecule is CC(C)(C)NCC1(CN2CCOC(C)(C)C2)CCOC1. The number of morpholine rings is 1. The van der Waals surface area contributed by atoms with Crippen LogP contribution < -0.4 is 5.32 Å². The van der Waals surface area contributed by atoms with Gasteiger partial charge < -0.3 is 14.8 Å². The predicted octanol–water partition coefficient (Wildman–Crippen LogP) is 1.89. The van der Waals surface area contributed by atoms with Crippen LogP contribution in [0.5, 0.6) is 0 Å². The monoisotopic (exact) mass is 284 g/mol. The summed E-state index contributed by atoms with van der Waals surface area (Å²) in [5.41, 5.74) is 0.414. The van der Waals surface area contributed by atoms with E-state index < -0.39 is 0 Å². The van der Waals surface area contributed by atoms with Crippen LogP contribution >= 0.6 is 0 Å². The maximum Gasteiger partial charge on any atom is 0.0753 e. The lowest BCUT2D eigenvalue weighted by Gasteiger charge is -2.43. The molecule has 0 aliphatic carbocycles. The second kappa shape index (κ2) is 5.91. The molecule has 0 saturated carbocycles. The summed E-state index contributed by atoms with van der Waals surface area (Å²) in [5.74, 6) is 0. The van der Waals surface area contributed by atoms with E-state index >= 15 is 0 Å². The van der Waals surface area contributed by atoms with Crippen molar-refractivity contribution in [3.05, 3.63) is 0 Å². The molecule has 2 saturated heterocycles. The molecule has 4 heteroatoms. The van der Waals surface area contributed by atoms with E-state index in [0.717, 1.165) is 52.4 Å². The Bertz CT molecular complexity index is 317. The van der Waals surface area contributed by atoms with E-state index in [1.165, 1.54) is 0 Å². The van der Waals surface area contributed by atoms with Gasteiger partial charge >= 0.3 is 0 Å². The van der Waals surface area contributed by atoms with Crippen LogP contribution in [0, 0.1) is 5.41 Å². The van der Waals surface area contributed by atoms with E-state index in [4.69, 9.17) is 9.47 Å². The summed E-state index contributed by atoms with van der Waals surface area (Å²) in [6, 6.07) is 0. The molecule has 2 aliphatic heterocycles. The van der Waals surface area contributed by atoms with Crippen LogP contribution in [0.3, 0.4) is 0 Å². The summed E-state index contributed by atoms with van der Waals surface area (Å²) in [5, 5.41) is 3.68. The molecular weight excluding hydrogens is 252 g/mol. The molecule has 0 spiro atoms. The molecule has 2 heterocycles. The van der Waals surface area contributed by atoms with Crippen molar-refractivity contribution in [2.75, 3.05) is 46.0 Å². The number of nitrogens with one attached hydrogen (secondary N) is 1. The average molecular weight is 284 g/mol. The number of hydrogen-bond donors (Lipinski definition) is 1. The van der Waals surface area contributed by atoms with Crippen molar-refractivity contribution in [3.63, 3.8) is 0 Å². The Balaban J connectivity index is 1.95. The maximum atomic E-state index is 5.82. The van der Waals surface area contributed by atoms with E-state index in [-0.39, 0.29) is 16.6 Å². The highest BCUT2D eigenvalue weighted by molar-refractivity contribution is 4.92. The zero-order chi connectivity index (χ0) is 14.9. The molecule has 0 aromatic heterocycles. The largest absolute Gasteiger partial charge is 0.381 e. The first-order valence-corrected chi connectivity index (χ1v) is 7.89. The van der Waals surface area contributed by atoms with Crippen LogP contribution in [0.25, 0.3) is 0 Å². The minimum atomic E-state index is -0.0175.